The van der Waals surface area contributed by atoms with E-state index in [9.17, 15) is 19.2 Å². The third-order valence-corrected chi connectivity index (χ3v) is 8.56. The Morgan fingerprint density at radius 1 is 1.23 bits per heavy atom. The van der Waals surface area contributed by atoms with Gasteiger partial charge in [-0.25, -0.2) is 4.98 Å². The van der Waals surface area contributed by atoms with Gasteiger partial charge < -0.3 is 10.1 Å². The molecule has 2 fully saturated rings. The number of anilines is 1. The second-order valence-corrected chi connectivity index (χ2v) is 10.8. The van der Waals surface area contributed by atoms with Gasteiger partial charge in [-0.3, -0.25) is 24.1 Å². The molecule has 1 N–H and O–H groups in total. The zero-order chi connectivity index (χ0) is 25.4. The fraction of sp³-hybridized carbons (Fsp3) is 0.500. The van der Waals surface area contributed by atoms with E-state index in [2.05, 4.69) is 10.3 Å². The second-order valence-electron chi connectivity index (χ2n) is 9.98. The maximum Gasteiger partial charge on any atom is 0.311 e. The van der Waals surface area contributed by atoms with Gasteiger partial charge in [0.25, 0.3) is 0 Å². The second kappa shape index (κ2) is 9.53. The van der Waals surface area contributed by atoms with Crippen LogP contribution in [0.1, 0.15) is 51.8 Å². The summed E-state index contributed by atoms with van der Waals surface area (Å²) in [5, 5.41) is 4.76. The van der Waals surface area contributed by atoms with Crippen LogP contribution in [-0.4, -0.2) is 46.2 Å². The molecule has 2 aromatic rings. The summed E-state index contributed by atoms with van der Waals surface area (Å²) in [6.45, 7) is 7.88. The zero-order valence-corrected chi connectivity index (χ0v) is 21.3. The molecule has 1 aromatic carbocycles. The third kappa shape index (κ3) is 4.49. The number of nitrogens with one attached hydrogen (secondary N) is 1. The molecule has 3 amide bonds. The summed E-state index contributed by atoms with van der Waals surface area (Å²) in [5.74, 6) is -1.76. The lowest BCUT2D eigenvalue weighted by atomic mass is 9.62. The van der Waals surface area contributed by atoms with Crippen LogP contribution in [0.4, 0.5) is 5.13 Å². The maximum atomic E-state index is 13.8. The average molecular weight is 498 g/mol. The minimum Gasteiger partial charge on any atom is -0.466 e. The number of carbonyl (C=O) groups is 4. The molecule has 35 heavy (non-hydrogen) atoms. The number of hydrogen-bond acceptors (Lipinski definition) is 7. The monoisotopic (exact) mass is 497 g/mol. The van der Waals surface area contributed by atoms with E-state index in [1.807, 2.05) is 51.1 Å². The first-order valence-electron chi connectivity index (χ1n) is 11.9. The molecule has 1 aromatic heterocycles. The predicted molar refractivity (Wildman–Crippen MR) is 131 cm³/mol. The van der Waals surface area contributed by atoms with Crippen LogP contribution in [-0.2, 0) is 36.8 Å². The van der Waals surface area contributed by atoms with E-state index in [-0.39, 0.29) is 37.2 Å². The Morgan fingerprint density at radius 2 is 1.94 bits per heavy atom. The Bertz CT molecular complexity index is 1140. The molecular formula is C26H31N3O5S. The Morgan fingerprint density at radius 3 is 2.63 bits per heavy atom. The maximum absolute atomic E-state index is 13.8. The van der Waals surface area contributed by atoms with Gasteiger partial charge in [-0.2, -0.15) is 0 Å². The smallest absolute Gasteiger partial charge is 0.311 e. The van der Waals surface area contributed by atoms with Crippen LogP contribution in [0.5, 0.6) is 0 Å². The standard InChI is InChI=1S/C26H31N3O5S/c1-5-34-20(30)14-17-15-35-24(27-17)28-21(31)19(13-16-9-7-6-8-10-16)29-22(32)18-11-12-26(4,23(29)33)25(18,2)3/h6-10,15,18-19H,5,11-14H2,1-4H3,(H,27,28,31). The van der Waals surface area contributed by atoms with Crippen molar-refractivity contribution in [2.24, 2.45) is 16.7 Å². The summed E-state index contributed by atoms with van der Waals surface area (Å²) in [7, 11) is 0. The Balaban J connectivity index is 1.61. The first-order valence-corrected chi connectivity index (χ1v) is 12.8. The summed E-state index contributed by atoms with van der Waals surface area (Å²) < 4.78 is 4.95. The van der Waals surface area contributed by atoms with E-state index >= 15 is 0 Å². The lowest BCUT2D eigenvalue weighted by Gasteiger charge is -2.49. The molecule has 186 valence electrons. The van der Waals surface area contributed by atoms with Crippen LogP contribution in [0.2, 0.25) is 0 Å². The number of esters is 1. The van der Waals surface area contributed by atoms with Crippen LogP contribution in [0.25, 0.3) is 0 Å². The Labute approximate surface area is 209 Å². The molecule has 1 aliphatic carbocycles. The number of rotatable bonds is 8. The van der Waals surface area contributed by atoms with Gasteiger partial charge in [-0.1, -0.05) is 51.1 Å². The lowest BCUT2D eigenvalue weighted by molar-refractivity contribution is -0.172. The van der Waals surface area contributed by atoms with E-state index < -0.39 is 28.7 Å². The molecule has 3 atom stereocenters. The highest BCUT2D eigenvalue weighted by Crippen LogP contribution is 2.60. The molecule has 0 spiro atoms. The number of fused-ring (bicyclic) bond motifs is 2. The van der Waals surface area contributed by atoms with Crippen molar-refractivity contribution in [3.05, 3.63) is 47.0 Å². The zero-order valence-electron chi connectivity index (χ0n) is 20.5. The van der Waals surface area contributed by atoms with Crippen LogP contribution in [0.3, 0.4) is 0 Å². The van der Waals surface area contributed by atoms with E-state index in [1.165, 1.54) is 16.2 Å². The van der Waals surface area contributed by atoms with Gasteiger partial charge in [-0.15, -0.1) is 11.3 Å². The number of amides is 3. The average Bonchev–Trinajstić information content (AvgIpc) is 3.31. The van der Waals surface area contributed by atoms with Crippen molar-refractivity contribution < 1.29 is 23.9 Å². The van der Waals surface area contributed by atoms with Gasteiger partial charge in [0.05, 0.1) is 24.1 Å². The Kier molecular flexibility index (Phi) is 6.81. The van der Waals surface area contributed by atoms with E-state index in [0.717, 1.165) is 5.56 Å². The number of benzene rings is 1. The molecule has 2 heterocycles. The number of imide groups is 1. The minimum absolute atomic E-state index is 0.00582. The largest absolute Gasteiger partial charge is 0.466 e. The summed E-state index contributed by atoms with van der Waals surface area (Å²) >= 11 is 1.18. The van der Waals surface area contributed by atoms with Gasteiger partial charge in [-0.05, 0) is 30.7 Å². The van der Waals surface area contributed by atoms with E-state index in [4.69, 9.17) is 4.74 Å². The highest BCUT2D eigenvalue weighted by atomic mass is 32.1. The van der Waals surface area contributed by atoms with Crippen molar-refractivity contribution in [3.63, 3.8) is 0 Å². The summed E-state index contributed by atoms with van der Waals surface area (Å²) in [5.41, 5.74) is 0.149. The molecule has 1 aliphatic heterocycles. The highest BCUT2D eigenvalue weighted by molar-refractivity contribution is 7.13. The van der Waals surface area contributed by atoms with Gasteiger partial charge in [0, 0.05) is 17.7 Å². The number of piperidine rings is 1. The van der Waals surface area contributed by atoms with Crippen molar-refractivity contribution >= 4 is 40.2 Å². The summed E-state index contributed by atoms with van der Waals surface area (Å²) in [6, 6.07) is 8.34. The quantitative estimate of drug-likeness (QED) is 0.441. The SMILES string of the molecule is CCOC(=O)Cc1csc(NC(=O)C(Cc2ccccc2)N2C(=O)C3CCC(C)(C2=O)C3(C)C)n1. The van der Waals surface area contributed by atoms with E-state index in [0.29, 0.717) is 23.7 Å². The van der Waals surface area contributed by atoms with Crippen molar-refractivity contribution in [1.82, 2.24) is 9.88 Å². The molecular weight excluding hydrogens is 466 g/mol. The van der Waals surface area contributed by atoms with Crippen molar-refractivity contribution in [2.45, 2.75) is 59.4 Å². The first-order chi connectivity index (χ1) is 16.6. The van der Waals surface area contributed by atoms with Crippen LogP contribution < -0.4 is 5.32 Å². The predicted octanol–water partition coefficient (Wildman–Crippen LogP) is 3.61. The number of nitrogens with zero attached hydrogens (tertiary/aromatic N) is 2. The highest BCUT2D eigenvalue weighted by Gasteiger charge is 2.65. The number of thiazole rings is 1. The fourth-order valence-corrected chi connectivity index (χ4v) is 5.99. The lowest BCUT2D eigenvalue weighted by Crippen LogP contribution is -2.64. The molecule has 2 bridgehead atoms. The van der Waals surface area contributed by atoms with Gasteiger partial charge in [0.15, 0.2) is 5.13 Å². The molecule has 8 nitrogen and oxygen atoms in total. The van der Waals surface area contributed by atoms with Gasteiger partial charge in [0.2, 0.25) is 17.7 Å². The molecule has 1 saturated heterocycles. The number of hydrogen-bond donors (Lipinski definition) is 1. The Hall–Kier alpha value is -3.07. The molecule has 2 aliphatic rings. The van der Waals surface area contributed by atoms with Crippen molar-refractivity contribution in [2.75, 3.05) is 11.9 Å². The first kappa shape index (κ1) is 25.0. The van der Waals surface area contributed by atoms with Crippen LogP contribution >= 0.6 is 11.3 Å². The molecule has 9 heteroatoms. The van der Waals surface area contributed by atoms with Crippen LogP contribution in [0.15, 0.2) is 35.7 Å². The fourth-order valence-electron chi connectivity index (χ4n) is 5.28. The normalized spacial score (nSPS) is 23.8. The minimum atomic E-state index is -1.01. The molecule has 4 rings (SSSR count). The number of likely N-dealkylation sites (tertiary alicyclic amines) is 1. The van der Waals surface area contributed by atoms with Gasteiger partial charge >= 0.3 is 5.97 Å². The van der Waals surface area contributed by atoms with Crippen molar-refractivity contribution in [3.8, 4) is 0 Å². The van der Waals surface area contributed by atoms with E-state index in [1.54, 1.807) is 12.3 Å². The van der Waals surface area contributed by atoms with Gasteiger partial charge in [0.1, 0.15) is 6.04 Å². The summed E-state index contributed by atoms with van der Waals surface area (Å²) in [6.07, 6.45) is 1.46. The van der Waals surface area contributed by atoms with Crippen molar-refractivity contribution in [1.29, 1.82) is 0 Å². The van der Waals surface area contributed by atoms with Crippen LogP contribution in [0, 0.1) is 16.7 Å². The molecule has 3 unspecified atom stereocenters. The number of ether oxygens (including phenoxy) is 1. The number of carbonyl (C=O) groups excluding carboxylic acids is 4. The molecule has 1 saturated carbocycles. The molecule has 0 radical (unpaired) electrons. The number of aromatic nitrogens is 1. The third-order valence-electron chi connectivity index (χ3n) is 7.75. The summed E-state index contributed by atoms with van der Waals surface area (Å²) in [4.78, 5) is 58.2. The topological polar surface area (TPSA) is 106 Å².